The van der Waals surface area contributed by atoms with E-state index in [0.29, 0.717) is 27.8 Å². The van der Waals surface area contributed by atoms with Crippen LogP contribution in [0.2, 0.25) is 0 Å². The van der Waals surface area contributed by atoms with Crippen LogP contribution >= 0.6 is 0 Å². The van der Waals surface area contributed by atoms with E-state index in [0.717, 1.165) is 5.56 Å². The van der Waals surface area contributed by atoms with Gasteiger partial charge in [-0.25, -0.2) is 0 Å². The number of furan rings is 1. The number of hydrogen-bond acceptors (Lipinski definition) is 3. The van der Waals surface area contributed by atoms with Crippen molar-refractivity contribution in [3.05, 3.63) is 101 Å². The molecule has 0 aliphatic carbocycles. The highest BCUT2D eigenvalue weighted by Gasteiger charge is 2.23. The summed E-state index contributed by atoms with van der Waals surface area (Å²) < 4.78 is 5.82. The minimum atomic E-state index is -0.276. The molecule has 1 amide bonds. The molecule has 0 atom stereocenters. The van der Waals surface area contributed by atoms with E-state index in [4.69, 9.17) is 4.42 Å². The van der Waals surface area contributed by atoms with Gasteiger partial charge in [0.1, 0.15) is 5.58 Å². The van der Waals surface area contributed by atoms with Crippen molar-refractivity contribution in [1.82, 2.24) is 0 Å². The van der Waals surface area contributed by atoms with Crippen LogP contribution in [0.3, 0.4) is 0 Å². The lowest BCUT2D eigenvalue weighted by atomic mass is 10.1. The SMILES string of the molecule is Cc1ccccc1C(=O)Nc1c(C(=O)c2ccccc2)oc2ccccc12. The number of rotatable bonds is 4. The van der Waals surface area contributed by atoms with Crippen LogP contribution in [0.1, 0.15) is 32.0 Å². The zero-order valence-corrected chi connectivity index (χ0v) is 14.7. The zero-order valence-electron chi connectivity index (χ0n) is 14.7. The lowest BCUT2D eigenvalue weighted by Crippen LogP contribution is -2.15. The molecule has 3 aromatic carbocycles. The van der Waals surface area contributed by atoms with Crippen LogP contribution in [-0.4, -0.2) is 11.7 Å². The first kappa shape index (κ1) is 16.8. The molecule has 132 valence electrons. The first-order chi connectivity index (χ1) is 13.1. The van der Waals surface area contributed by atoms with Gasteiger partial charge in [-0.3, -0.25) is 9.59 Å². The zero-order chi connectivity index (χ0) is 18.8. The van der Waals surface area contributed by atoms with E-state index in [1.54, 1.807) is 36.4 Å². The minimum Gasteiger partial charge on any atom is -0.450 e. The highest BCUT2D eigenvalue weighted by molar-refractivity contribution is 6.19. The van der Waals surface area contributed by atoms with Gasteiger partial charge in [0.2, 0.25) is 5.78 Å². The molecule has 4 aromatic rings. The fraction of sp³-hybridized carbons (Fsp3) is 0.0435. The standard InChI is InChI=1S/C23H17NO3/c1-15-9-5-6-12-17(15)23(26)24-20-18-13-7-8-14-19(18)27-22(20)21(25)16-10-3-2-4-11-16/h2-14H,1H3,(H,24,26). The van der Waals surface area contributed by atoms with Crippen molar-refractivity contribution in [2.45, 2.75) is 6.92 Å². The number of amides is 1. The van der Waals surface area contributed by atoms with Crippen molar-refractivity contribution in [3.63, 3.8) is 0 Å². The van der Waals surface area contributed by atoms with Crippen molar-refractivity contribution in [2.75, 3.05) is 5.32 Å². The average Bonchev–Trinajstić information content (AvgIpc) is 3.07. The molecule has 1 aromatic heterocycles. The first-order valence-electron chi connectivity index (χ1n) is 8.63. The number of carbonyl (C=O) groups is 2. The highest BCUT2D eigenvalue weighted by Crippen LogP contribution is 2.33. The second kappa shape index (κ2) is 6.92. The molecule has 0 fully saturated rings. The number of anilines is 1. The smallest absolute Gasteiger partial charge is 0.256 e. The highest BCUT2D eigenvalue weighted by atomic mass is 16.3. The summed E-state index contributed by atoms with van der Waals surface area (Å²) in [5.41, 5.74) is 2.87. The number of nitrogens with one attached hydrogen (secondary N) is 1. The predicted octanol–water partition coefficient (Wildman–Crippen LogP) is 5.22. The maximum absolute atomic E-state index is 13.0. The quantitative estimate of drug-likeness (QED) is 0.510. The number of ketones is 1. The van der Waals surface area contributed by atoms with Gasteiger partial charge in [-0.15, -0.1) is 0 Å². The molecule has 1 N–H and O–H groups in total. The number of para-hydroxylation sites is 1. The molecule has 0 aliphatic rings. The fourth-order valence-electron chi connectivity index (χ4n) is 3.06. The summed E-state index contributed by atoms with van der Waals surface area (Å²) in [6.07, 6.45) is 0. The van der Waals surface area contributed by atoms with Crippen molar-refractivity contribution in [1.29, 1.82) is 0 Å². The summed E-state index contributed by atoms with van der Waals surface area (Å²) in [6, 6.07) is 23.5. The third kappa shape index (κ3) is 3.13. The fourth-order valence-corrected chi connectivity index (χ4v) is 3.06. The van der Waals surface area contributed by atoms with Crippen LogP contribution < -0.4 is 5.32 Å². The number of carbonyl (C=O) groups excluding carboxylic acids is 2. The number of fused-ring (bicyclic) bond motifs is 1. The molecule has 0 unspecified atom stereocenters. The Morgan fingerprint density at radius 2 is 1.48 bits per heavy atom. The Morgan fingerprint density at radius 3 is 2.26 bits per heavy atom. The van der Waals surface area contributed by atoms with E-state index in [2.05, 4.69) is 5.32 Å². The van der Waals surface area contributed by atoms with Gasteiger partial charge in [0.05, 0.1) is 5.69 Å². The third-order valence-corrected chi connectivity index (χ3v) is 4.47. The number of benzene rings is 3. The van der Waals surface area contributed by atoms with Crippen LogP contribution in [0.5, 0.6) is 0 Å². The van der Waals surface area contributed by atoms with E-state index in [-0.39, 0.29) is 17.5 Å². The Balaban J connectivity index is 1.80. The van der Waals surface area contributed by atoms with Crippen LogP contribution in [-0.2, 0) is 0 Å². The predicted molar refractivity (Wildman–Crippen MR) is 105 cm³/mol. The van der Waals surface area contributed by atoms with E-state index in [1.807, 2.05) is 49.4 Å². The van der Waals surface area contributed by atoms with Crippen molar-refractivity contribution < 1.29 is 14.0 Å². The summed E-state index contributed by atoms with van der Waals surface area (Å²) >= 11 is 0. The van der Waals surface area contributed by atoms with Crippen LogP contribution in [0.15, 0.2) is 83.3 Å². The van der Waals surface area contributed by atoms with E-state index in [1.165, 1.54) is 0 Å². The molecule has 0 radical (unpaired) electrons. The van der Waals surface area contributed by atoms with Gasteiger partial charge >= 0.3 is 0 Å². The molecule has 0 saturated carbocycles. The Labute approximate surface area is 156 Å². The summed E-state index contributed by atoms with van der Waals surface area (Å²) in [5, 5.41) is 3.58. The Bertz CT molecular complexity index is 1140. The second-order valence-electron chi connectivity index (χ2n) is 6.27. The van der Waals surface area contributed by atoms with Gasteiger partial charge in [-0.1, -0.05) is 60.7 Å². The Morgan fingerprint density at radius 1 is 0.815 bits per heavy atom. The normalized spacial score (nSPS) is 10.7. The molecule has 4 rings (SSSR count). The van der Waals surface area contributed by atoms with Crippen molar-refractivity contribution in [2.24, 2.45) is 0 Å². The summed E-state index contributed by atoms with van der Waals surface area (Å²) in [4.78, 5) is 25.8. The van der Waals surface area contributed by atoms with Crippen LogP contribution in [0.25, 0.3) is 11.0 Å². The van der Waals surface area contributed by atoms with Gasteiger partial charge in [0.25, 0.3) is 5.91 Å². The molecule has 1 heterocycles. The number of hydrogen-bond donors (Lipinski definition) is 1. The van der Waals surface area contributed by atoms with Crippen molar-refractivity contribution >= 4 is 28.3 Å². The maximum atomic E-state index is 13.0. The van der Waals surface area contributed by atoms with E-state index >= 15 is 0 Å². The molecule has 4 nitrogen and oxygen atoms in total. The van der Waals surface area contributed by atoms with Gasteiger partial charge in [-0.2, -0.15) is 0 Å². The molecule has 0 spiro atoms. The first-order valence-corrected chi connectivity index (χ1v) is 8.63. The second-order valence-corrected chi connectivity index (χ2v) is 6.27. The third-order valence-electron chi connectivity index (χ3n) is 4.47. The lowest BCUT2D eigenvalue weighted by Gasteiger charge is -2.08. The molecule has 4 heteroatoms. The monoisotopic (exact) mass is 355 g/mol. The molecule has 0 bridgehead atoms. The molecule has 0 aliphatic heterocycles. The summed E-state index contributed by atoms with van der Waals surface area (Å²) in [6.45, 7) is 1.87. The van der Waals surface area contributed by atoms with E-state index in [9.17, 15) is 9.59 Å². The van der Waals surface area contributed by atoms with Crippen molar-refractivity contribution in [3.8, 4) is 0 Å². The summed E-state index contributed by atoms with van der Waals surface area (Å²) in [5.74, 6) is -0.419. The van der Waals surface area contributed by atoms with Gasteiger partial charge in [-0.05, 0) is 30.7 Å². The Hall–Kier alpha value is -3.66. The maximum Gasteiger partial charge on any atom is 0.256 e. The minimum absolute atomic E-state index is 0.129. The Kier molecular flexibility index (Phi) is 4.30. The largest absolute Gasteiger partial charge is 0.450 e. The molecule has 0 saturated heterocycles. The van der Waals surface area contributed by atoms with Gasteiger partial charge in [0.15, 0.2) is 5.76 Å². The number of aryl methyl sites for hydroxylation is 1. The summed E-state index contributed by atoms with van der Waals surface area (Å²) in [7, 11) is 0. The van der Waals surface area contributed by atoms with Crippen LogP contribution in [0, 0.1) is 6.92 Å². The van der Waals surface area contributed by atoms with Gasteiger partial charge < -0.3 is 9.73 Å². The lowest BCUT2D eigenvalue weighted by molar-refractivity contribution is 0.101. The molecular weight excluding hydrogens is 338 g/mol. The topological polar surface area (TPSA) is 59.3 Å². The van der Waals surface area contributed by atoms with E-state index < -0.39 is 0 Å². The average molecular weight is 355 g/mol. The van der Waals surface area contributed by atoms with Gasteiger partial charge in [0, 0.05) is 16.5 Å². The van der Waals surface area contributed by atoms with Crippen LogP contribution in [0.4, 0.5) is 5.69 Å². The molecular formula is C23H17NO3. The molecule has 27 heavy (non-hydrogen) atoms.